The van der Waals surface area contributed by atoms with Gasteiger partial charge in [0, 0.05) is 30.1 Å². The molecule has 2 aromatic carbocycles. The van der Waals surface area contributed by atoms with Crippen molar-refractivity contribution in [2.75, 3.05) is 14.2 Å². The molecule has 0 atom stereocenters. The summed E-state index contributed by atoms with van der Waals surface area (Å²) in [6, 6.07) is 13.0. The number of carbonyl (C=O) groups excluding carboxylic acids is 1. The summed E-state index contributed by atoms with van der Waals surface area (Å²) in [5.41, 5.74) is 1.99. The topological polar surface area (TPSA) is 29.5 Å². The van der Waals surface area contributed by atoms with Gasteiger partial charge in [-0.25, -0.2) is 0 Å². The predicted molar refractivity (Wildman–Crippen MR) is 94.3 cm³/mol. The van der Waals surface area contributed by atoms with E-state index in [0.717, 1.165) is 16.9 Å². The monoisotopic (exact) mass is 351 g/mol. The number of methoxy groups -OCH3 is 1. The third kappa shape index (κ3) is 5.15. The van der Waals surface area contributed by atoms with Gasteiger partial charge in [0.2, 0.25) is 5.91 Å². The van der Waals surface area contributed by atoms with E-state index in [0.29, 0.717) is 29.4 Å². The molecule has 122 valence electrons. The average molecular weight is 352 g/mol. The highest BCUT2D eigenvalue weighted by Gasteiger charge is 2.11. The number of rotatable bonds is 6. The molecule has 0 radical (unpaired) electrons. The summed E-state index contributed by atoms with van der Waals surface area (Å²) < 4.78 is 5.13. The first-order valence-electron chi connectivity index (χ1n) is 7.30. The number of hydrogen-bond acceptors (Lipinski definition) is 2. The molecular formula is C18H19Cl2NO2. The van der Waals surface area contributed by atoms with Crippen LogP contribution in [0, 0.1) is 0 Å². The minimum absolute atomic E-state index is 0.0758. The Morgan fingerprint density at radius 1 is 1.13 bits per heavy atom. The van der Waals surface area contributed by atoms with Crippen LogP contribution in [-0.2, 0) is 17.8 Å². The molecule has 0 N–H and O–H groups in total. The molecule has 0 fully saturated rings. The van der Waals surface area contributed by atoms with Gasteiger partial charge < -0.3 is 9.64 Å². The molecule has 0 heterocycles. The Balaban J connectivity index is 1.89. The van der Waals surface area contributed by atoms with Crippen LogP contribution in [0.5, 0.6) is 5.75 Å². The molecule has 0 saturated carbocycles. The van der Waals surface area contributed by atoms with Crippen LogP contribution in [-0.4, -0.2) is 25.0 Å². The second-order valence-corrected chi connectivity index (χ2v) is 6.18. The molecule has 0 saturated heterocycles. The van der Waals surface area contributed by atoms with Crippen LogP contribution in [0.1, 0.15) is 17.5 Å². The minimum Gasteiger partial charge on any atom is -0.497 e. The van der Waals surface area contributed by atoms with E-state index < -0.39 is 0 Å². The highest BCUT2D eigenvalue weighted by atomic mass is 35.5. The van der Waals surface area contributed by atoms with Crippen LogP contribution >= 0.6 is 23.2 Å². The van der Waals surface area contributed by atoms with E-state index in [2.05, 4.69) is 0 Å². The van der Waals surface area contributed by atoms with Gasteiger partial charge in [-0.15, -0.1) is 0 Å². The maximum atomic E-state index is 12.3. The van der Waals surface area contributed by atoms with Gasteiger partial charge in [-0.2, -0.15) is 0 Å². The van der Waals surface area contributed by atoms with Crippen molar-refractivity contribution < 1.29 is 9.53 Å². The Labute approximate surface area is 146 Å². The Hall–Kier alpha value is -1.71. The van der Waals surface area contributed by atoms with Crippen molar-refractivity contribution in [3.8, 4) is 5.75 Å². The van der Waals surface area contributed by atoms with Crippen molar-refractivity contribution in [1.82, 2.24) is 4.90 Å². The average Bonchev–Trinajstić information content (AvgIpc) is 2.54. The molecule has 0 aliphatic carbocycles. The fourth-order valence-electron chi connectivity index (χ4n) is 2.25. The minimum atomic E-state index is 0.0758. The van der Waals surface area contributed by atoms with Crippen molar-refractivity contribution >= 4 is 29.1 Å². The lowest BCUT2D eigenvalue weighted by molar-refractivity contribution is -0.130. The van der Waals surface area contributed by atoms with Gasteiger partial charge in [0.25, 0.3) is 0 Å². The van der Waals surface area contributed by atoms with Gasteiger partial charge in [-0.05, 0) is 41.8 Å². The number of nitrogens with zero attached hydrogens (tertiary/aromatic N) is 1. The van der Waals surface area contributed by atoms with E-state index in [9.17, 15) is 4.79 Å². The molecule has 0 aliphatic heterocycles. The van der Waals surface area contributed by atoms with Gasteiger partial charge in [0.15, 0.2) is 0 Å². The van der Waals surface area contributed by atoms with Crippen molar-refractivity contribution in [3.05, 3.63) is 63.6 Å². The number of carbonyl (C=O) groups is 1. The van der Waals surface area contributed by atoms with Crippen molar-refractivity contribution in [1.29, 1.82) is 0 Å². The maximum Gasteiger partial charge on any atom is 0.222 e. The smallest absolute Gasteiger partial charge is 0.222 e. The van der Waals surface area contributed by atoms with Crippen molar-refractivity contribution in [3.63, 3.8) is 0 Å². The summed E-state index contributed by atoms with van der Waals surface area (Å²) in [4.78, 5) is 14.0. The molecule has 0 aromatic heterocycles. The lowest BCUT2D eigenvalue weighted by Gasteiger charge is -2.17. The zero-order valence-corrected chi connectivity index (χ0v) is 14.7. The molecule has 1 amide bonds. The Bertz CT molecular complexity index is 671. The quantitative estimate of drug-likeness (QED) is 0.761. The zero-order chi connectivity index (χ0) is 16.8. The highest BCUT2D eigenvalue weighted by molar-refractivity contribution is 6.35. The van der Waals surface area contributed by atoms with Gasteiger partial charge in [-0.1, -0.05) is 41.4 Å². The van der Waals surface area contributed by atoms with Gasteiger partial charge in [-0.3, -0.25) is 4.79 Å². The summed E-state index contributed by atoms with van der Waals surface area (Å²) in [5, 5.41) is 1.20. The molecule has 0 unspecified atom stereocenters. The van der Waals surface area contributed by atoms with Crippen LogP contribution in [0.15, 0.2) is 42.5 Å². The second-order valence-electron chi connectivity index (χ2n) is 5.33. The maximum absolute atomic E-state index is 12.3. The lowest BCUT2D eigenvalue weighted by atomic mass is 10.1. The number of ether oxygens (including phenoxy) is 1. The first kappa shape index (κ1) is 17.6. The van der Waals surface area contributed by atoms with Crippen LogP contribution in [0.2, 0.25) is 10.0 Å². The van der Waals surface area contributed by atoms with Gasteiger partial charge in [0.05, 0.1) is 7.11 Å². The number of amides is 1. The molecular weight excluding hydrogens is 333 g/mol. The normalized spacial score (nSPS) is 10.4. The van der Waals surface area contributed by atoms with Gasteiger partial charge >= 0.3 is 0 Å². The van der Waals surface area contributed by atoms with Crippen LogP contribution in [0.3, 0.4) is 0 Å². The third-order valence-corrected chi connectivity index (χ3v) is 4.21. The number of benzene rings is 2. The Kier molecular flexibility index (Phi) is 6.31. The number of hydrogen-bond donors (Lipinski definition) is 0. The molecule has 0 spiro atoms. The van der Waals surface area contributed by atoms with Crippen LogP contribution < -0.4 is 4.74 Å². The first-order chi connectivity index (χ1) is 11.0. The Morgan fingerprint density at radius 2 is 1.83 bits per heavy atom. The summed E-state index contributed by atoms with van der Waals surface area (Å²) in [6.07, 6.45) is 1.01. The summed E-state index contributed by atoms with van der Waals surface area (Å²) in [6.45, 7) is 0.567. The van der Waals surface area contributed by atoms with E-state index in [1.165, 1.54) is 0 Å². The van der Waals surface area contributed by atoms with E-state index in [4.69, 9.17) is 27.9 Å². The van der Waals surface area contributed by atoms with E-state index in [1.54, 1.807) is 31.2 Å². The molecule has 0 aliphatic rings. The zero-order valence-electron chi connectivity index (χ0n) is 13.2. The largest absolute Gasteiger partial charge is 0.497 e. The summed E-state index contributed by atoms with van der Waals surface area (Å²) >= 11 is 12.0. The Morgan fingerprint density at radius 3 is 2.43 bits per heavy atom. The molecule has 3 nitrogen and oxygen atoms in total. The molecule has 23 heavy (non-hydrogen) atoms. The van der Waals surface area contributed by atoms with Crippen molar-refractivity contribution in [2.24, 2.45) is 0 Å². The van der Waals surface area contributed by atoms with E-state index >= 15 is 0 Å². The predicted octanol–water partition coefficient (Wildman–Crippen LogP) is 4.59. The first-order valence-corrected chi connectivity index (χ1v) is 8.06. The standard InChI is InChI=1S/C18H19Cl2NO2/c1-21(12-13-3-8-16(23-2)9-4-13)18(22)10-6-14-5-7-15(19)11-17(14)20/h3-5,7-9,11H,6,10,12H2,1-2H3. The third-order valence-electron chi connectivity index (χ3n) is 3.63. The fraction of sp³-hybridized carbons (Fsp3) is 0.278. The summed E-state index contributed by atoms with van der Waals surface area (Å²) in [5.74, 6) is 0.881. The van der Waals surface area contributed by atoms with E-state index in [-0.39, 0.29) is 5.91 Å². The SMILES string of the molecule is COc1ccc(CN(C)C(=O)CCc2ccc(Cl)cc2Cl)cc1. The molecule has 0 bridgehead atoms. The highest BCUT2D eigenvalue weighted by Crippen LogP contribution is 2.22. The molecule has 2 rings (SSSR count). The number of aryl methyl sites for hydroxylation is 1. The fourth-order valence-corrected chi connectivity index (χ4v) is 2.75. The molecule has 5 heteroatoms. The van der Waals surface area contributed by atoms with Crippen LogP contribution in [0.4, 0.5) is 0 Å². The van der Waals surface area contributed by atoms with Crippen molar-refractivity contribution in [2.45, 2.75) is 19.4 Å². The van der Waals surface area contributed by atoms with E-state index in [1.807, 2.05) is 30.3 Å². The summed E-state index contributed by atoms with van der Waals surface area (Å²) in [7, 11) is 3.43. The number of halogens is 2. The van der Waals surface area contributed by atoms with Gasteiger partial charge in [0.1, 0.15) is 5.75 Å². The van der Waals surface area contributed by atoms with Crippen LogP contribution in [0.25, 0.3) is 0 Å². The lowest BCUT2D eigenvalue weighted by Crippen LogP contribution is -2.26. The second kappa shape index (κ2) is 8.23. The molecule has 2 aromatic rings.